The van der Waals surface area contributed by atoms with E-state index in [4.69, 9.17) is 9.52 Å². The third-order valence-electron chi connectivity index (χ3n) is 3.02. The van der Waals surface area contributed by atoms with E-state index in [0.717, 1.165) is 10.5 Å². The Morgan fingerprint density at radius 1 is 1.36 bits per heavy atom. The Morgan fingerprint density at radius 2 is 2.09 bits per heavy atom. The highest BCUT2D eigenvalue weighted by Crippen LogP contribution is 2.37. The van der Waals surface area contributed by atoms with Gasteiger partial charge < -0.3 is 9.52 Å². The Bertz CT molecular complexity index is 869. The Hall–Kier alpha value is -2.29. The van der Waals surface area contributed by atoms with Gasteiger partial charge in [0.1, 0.15) is 4.60 Å². The fourth-order valence-corrected chi connectivity index (χ4v) is 2.58. The van der Waals surface area contributed by atoms with Crippen molar-refractivity contribution in [1.82, 2.24) is 9.38 Å². The van der Waals surface area contributed by atoms with Crippen LogP contribution in [0.3, 0.4) is 0 Å². The first-order valence-corrected chi connectivity index (χ1v) is 6.63. The average Bonchev–Trinajstić information content (AvgIpc) is 3.05. The van der Waals surface area contributed by atoms with E-state index in [9.17, 15) is 18.0 Å². The van der Waals surface area contributed by atoms with Crippen LogP contribution in [0.2, 0.25) is 0 Å². The summed E-state index contributed by atoms with van der Waals surface area (Å²) in [6.45, 7) is 0. The van der Waals surface area contributed by atoms with Crippen molar-refractivity contribution in [2.24, 2.45) is 0 Å². The van der Waals surface area contributed by atoms with Gasteiger partial charge in [-0.25, -0.2) is 9.78 Å². The molecule has 0 saturated heterocycles. The average molecular weight is 375 g/mol. The fraction of sp³-hybridized carbons (Fsp3) is 0.0769. The summed E-state index contributed by atoms with van der Waals surface area (Å²) in [5.74, 6) is -1.42. The number of pyridine rings is 1. The second kappa shape index (κ2) is 4.87. The first kappa shape index (κ1) is 14.6. The van der Waals surface area contributed by atoms with E-state index in [0.29, 0.717) is 5.56 Å². The maximum atomic E-state index is 13.2. The minimum atomic E-state index is -4.68. The second-order valence-electron chi connectivity index (χ2n) is 4.40. The molecule has 0 fully saturated rings. The number of aromatic nitrogens is 2. The number of nitrogens with zero attached hydrogens (tertiary/aromatic N) is 2. The molecule has 5 nitrogen and oxygen atoms in total. The van der Waals surface area contributed by atoms with Crippen LogP contribution in [0.25, 0.3) is 16.8 Å². The number of rotatable bonds is 2. The molecule has 0 aliphatic carbocycles. The molecule has 0 radical (unpaired) electrons. The van der Waals surface area contributed by atoms with Crippen LogP contribution in [-0.4, -0.2) is 20.5 Å². The zero-order valence-electron chi connectivity index (χ0n) is 10.6. The number of hydrogen-bond acceptors (Lipinski definition) is 3. The van der Waals surface area contributed by atoms with Crippen molar-refractivity contribution in [1.29, 1.82) is 0 Å². The summed E-state index contributed by atoms with van der Waals surface area (Å²) in [6, 6.07) is 2.41. The predicted molar refractivity (Wildman–Crippen MR) is 72.6 cm³/mol. The third kappa shape index (κ3) is 2.27. The number of alkyl halides is 3. The number of fused-ring (bicyclic) bond motifs is 1. The van der Waals surface area contributed by atoms with Gasteiger partial charge >= 0.3 is 12.1 Å². The number of carboxylic acids is 1. The smallest absolute Gasteiger partial charge is 0.420 e. The minimum absolute atomic E-state index is 0.0640. The number of hydrogen-bond donors (Lipinski definition) is 1. The van der Waals surface area contributed by atoms with Gasteiger partial charge in [-0.3, -0.25) is 4.40 Å². The van der Waals surface area contributed by atoms with Crippen molar-refractivity contribution >= 4 is 27.5 Å². The monoisotopic (exact) mass is 374 g/mol. The highest BCUT2D eigenvalue weighted by molar-refractivity contribution is 9.10. The normalized spacial score (nSPS) is 12.0. The quantitative estimate of drug-likeness (QED) is 0.733. The summed E-state index contributed by atoms with van der Waals surface area (Å²) >= 11 is 2.98. The zero-order chi connectivity index (χ0) is 16.1. The second-order valence-corrected chi connectivity index (χ2v) is 5.15. The molecule has 114 valence electrons. The summed E-state index contributed by atoms with van der Waals surface area (Å²) in [5, 5.41) is 9.01. The number of halogens is 4. The van der Waals surface area contributed by atoms with E-state index in [1.807, 2.05) is 0 Å². The first-order chi connectivity index (χ1) is 10.3. The van der Waals surface area contributed by atoms with Crippen LogP contribution >= 0.6 is 15.9 Å². The van der Waals surface area contributed by atoms with Crippen LogP contribution in [-0.2, 0) is 6.18 Å². The van der Waals surface area contributed by atoms with Crippen LogP contribution in [0.15, 0.2) is 39.9 Å². The van der Waals surface area contributed by atoms with Gasteiger partial charge in [-0.1, -0.05) is 0 Å². The molecule has 3 aromatic heterocycles. The van der Waals surface area contributed by atoms with E-state index >= 15 is 0 Å². The van der Waals surface area contributed by atoms with Gasteiger partial charge in [0, 0.05) is 17.3 Å². The molecule has 3 rings (SSSR count). The molecule has 0 spiro atoms. The Kier molecular flexibility index (Phi) is 3.24. The molecule has 0 amide bonds. The molecule has 3 heterocycles. The van der Waals surface area contributed by atoms with Crippen LogP contribution in [0.4, 0.5) is 13.2 Å². The summed E-state index contributed by atoms with van der Waals surface area (Å²) in [7, 11) is 0. The van der Waals surface area contributed by atoms with E-state index in [2.05, 4.69) is 20.9 Å². The summed E-state index contributed by atoms with van der Waals surface area (Å²) in [4.78, 5) is 14.6. The molecule has 0 aliphatic heterocycles. The molecule has 0 aliphatic rings. The minimum Gasteiger partial charge on any atom is -0.476 e. The lowest BCUT2D eigenvalue weighted by atomic mass is 10.1. The molecule has 1 N–H and O–H groups in total. The number of carboxylic acid groups (broad SMARTS) is 1. The Balaban J connectivity index is 2.39. The molecule has 0 unspecified atom stereocenters. The van der Waals surface area contributed by atoms with E-state index in [-0.39, 0.29) is 10.2 Å². The van der Waals surface area contributed by atoms with Crippen molar-refractivity contribution in [3.63, 3.8) is 0 Å². The van der Waals surface area contributed by atoms with Crippen LogP contribution in [0.1, 0.15) is 16.1 Å². The molecule has 0 saturated carbocycles. The van der Waals surface area contributed by atoms with Crippen LogP contribution < -0.4 is 0 Å². The van der Waals surface area contributed by atoms with Crippen molar-refractivity contribution < 1.29 is 27.5 Å². The molecule has 0 atom stereocenters. The lowest BCUT2D eigenvalue weighted by molar-refractivity contribution is -0.136. The lowest BCUT2D eigenvalue weighted by Crippen LogP contribution is -2.08. The van der Waals surface area contributed by atoms with Crippen LogP contribution in [0.5, 0.6) is 0 Å². The van der Waals surface area contributed by atoms with Gasteiger partial charge in [-0.15, -0.1) is 0 Å². The topological polar surface area (TPSA) is 67.7 Å². The molecular weight excluding hydrogens is 369 g/mol. The van der Waals surface area contributed by atoms with Crippen molar-refractivity contribution in [2.45, 2.75) is 6.18 Å². The number of imidazole rings is 1. The summed E-state index contributed by atoms with van der Waals surface area (Å²) in [6.07, 6.45) is -0.691. The Labute approximate surface area is 129 Å². The molecular formula is C13H6BrF3N2O3. The van der Waals surface area contributed by atoms with E-state index in [1.54, 1.807) is 0 Å². The maximum absolute atomic E-state index is 13.2. The molecule has 9 heteroatoms. The van der Waals surface area contributed by atoms with Crippen molar-refractivity contribution in [2.75, 3.05) is 0 Å². The van der Waals surface area contributed by atoms with Crippen molar-refractivity contribution in [3.05, 3.63) is 46.7 Å². The maximum Gasteiger partial charge on any atom is 0.420 e. The number of carbonyl (C=O) groups is 1. The van der Waals surface area contributed by atoms with E-state index < -0.39 is 29.1 Å². The van der Waals surface area contributed by atoms with Gasteiger partial charge in [0.15, 0.2) is 11.3 Å². The van der Waals surface area contributed by atoms with E-state index in [1.165, 1.54) is 24.8 Å². The van der Waals surface area contributed by atoms with Crippen molar-refractivity contribution in [3.8, 4) is 11.1 Å². The predicted octanol–water partition coefficient (Wildman–Crippen LogP) is 4.07. The molecule has 0 bridgehead atoms. The largest absolute Gasteiger partial charge is 0.476 e. The SMILES string of the molecule is O=C(O)c1nc2c(C(F)(F)F)cc(-c3ccoc3)cn2c1Br. The summed E-state index contributed by atoms with van der Waals surface area (Å²) < 4.78 is 45.6. The summed E-state index contributed by atoms with van der Waals surface area (Å²) in [5.41, 5.74) is -1.34. The first-order valence-electron chi connectivity index (χ1n) is 5.83. The van der Waals surface area contributed by atoms with Gasteiger partial charge in [0.05, 0.1) is 18.1 Å². The van der Waals surface area contributed by atoms with Gasteiger partial charge in [0.2, 0.25) is 0 Å². The Morgan fingerprint density at radius 3 is 2.64 bits per heavy atom. The fourth-order valence-electron chi connectivity index (χ4n) is 2.05. The lowest BCUT2D eigenvalue weighted by Gasteiger charge is -2.10. The third-order valence-corrected chi connectivity index (χ3v) is 3.78. The zero-order valence-corrected chi connectivity index (χ0v) is 12.1. The van der Waals surface area contributed by atoms with Gasteiger partial charge in [-0.2, -0.15) is 13.2 Å². The standard InChI is InChI=1S/C13H6BrF3N2O3/c14-10-9(12(20)21)18-11-8(13(15,16)17)3-7(4-19(10)11)6-1-2-22-5-6/h1-5H,(H,20,21). The highest BCUT2D eigenvalue weighted by Gasteiger charge is 2.36. The molecule has 0 aromatic carbocycles. The number of aromatic carboxylic acids is 1. The van der Waals surface area contributed by atoms with Crippen LogP contribution in [0, 0.1) is 0 Å². The molecule has 3 aromatic rings. The highest BCUT2D eigenvalue weighted by atomic mass is 79.9. The van der Waals surface area contributed by atoms with Gasteiger partial charge in [-0.05, 0) is 28.1 Å². The van der Waals surface area contributed by atoms with Gasteiger partial charge in [0.25, 0.3) is 0 Å². The molecule has 22 heavy (non-hydrogen) atoms. The number of furan rings is 1.